The van der Waals surface area contributed by atoms with E-state index in [1.807, 2.05) is 24.7 Å². The van der Waals surface area contributed by atoms with Gasteiger partial charge in [0, 0.05) is 37.4 Å². The molecule has 1 amide bonds. The third-order valence-corrected chi connectivity index (χ3v) is 5.40. The molecule has 1 aliphatic rings. The maximum atomic E-state index is 11.9. The van der Waals surface area contributed by atoms with Gasteiger partial charge >= 0.3 is 12.1 Å². The molecule has 12 heteroatoms. The van der Waals surface area contributed by atoms with Crippen LogP contribution in [0.1, 0.15) is 36.3 Å². The van der Waals surface area contributed by atoms with E-state index in [4.69, 9.17) is 9.90 Å². The number of aliphatic carboxylic acids is 1. The number of carboxylic acid groups (broad SMARTS) is 1. The topological polar surface area (TPSA) is 108 Å². The van der Waals surface area contributed by atoms with Crippen molar-refractivity contribution in [1.82, 2.24) is 25.2 Å². The number of halogens is 3. The van der Waals surface area contributed by atoms with Crippen LogP contribution < -0.4 is 5.32 Å². The van der Waals surface area contributed by atoms with E-state index in [0.717, 1.165) is 49.7 Å². The second kappa shape index (κ2) is 12.4. The molecule has 0 spiro atoms. The van der Waals surface area contributed by atoms with Crippen molar-refractivity contribution < 1.29 is 27.9 Å². The fourth-order valence-electron chi connectivity index (χ4n) is 3.23. The van der Waals surface area contributed by atoms with E-state index >= 15 is 0 Å². The van der Waals surface area contributed by atoms with Gasteiger partial charge in [-0.15, -0.1) is 11.3 Å². The molecule has 1 aliphatic heterocycles. The van der Waals surface area contributed by atoms with Crippen molar-refractivity contribution >= 4 is 23.2 Å². The minimum absolute atomic E-state index is 0.0634. The first-order valence-electron chi connectivity index (χ1n) is 10.1. The average Bonchev–Trinajstić information content (AvgIpc) is 3.23. The Kier molecular flexibility index (Phi) is 9.97. The molecule has 1 saturated heterocycles. The zero-order valence-corrected chi connectivity index (χ0v) is 18.5. The SMILES string of the molecule is Cc1cnc(CN2CCCC(CCNC(=O)Cc3cscn3)C2)cn1.O=C(O)C(F)(F)F. The first-order chi connectivity index (χ1) is 15.1. The lowest BCUT2D eigenvalue weighted by molar-refractivity contribution is -0.192. The number of rotatable bonds is 7. The number of hydrogen-bond donors (Lipinski definition) is 2. The summed E-state index contributed by atoms with van der Waals surface area (Å²) in [6.07, 6.45) is 2.46. The second-order valence-electron chi connectivity index (χ2n) is 7.49. The van der Waals surface area contributed by atoms with Crippen molar-refractivity contribution in [3.8, 4) is 0 Å². The third-order valence-electron chi connectivity index (χ3n) is 4.77. The first kappa shape index (κ1) is 25.7. The summed E-state index contributed by atoms with van der Waals surface area (Å²) in [5.41, 5.74) is 4.60. The van der Waals surface area contributed by atoms with E-state index in [-0.39, 0.29) is 5.91 Å². The Balaban J connectivity index is 0.000000451. The highest BCUT2D eigenvalue weighted by Crippen LogP contribution is 2.20. The van der Waals surface area contributed by atoms with Gasteiger partial charge in [-0.3, -0.25) is 19.7 Å². The normalized spacial score (nSPS) is 16.7. The van der Waals surface area contributed by atoms with Crippen LogP contribution in [0.4, 0.5) is 13.2 Å². The number of amides is 1. The van der Waals surface area contributed by atoms with E-state index in [2.05, 4.69) is 25.2 Å². The highest BCUT2D eigenvalue weighted by Gasteiger charge is 2.38. The summed E-state index contributed by atoms with van der Waals surface area (Å²) in [6, 6.07) is 0. The van der Waals surface area contributed by atoms with Crippen LogP contribution in [0.2, 0.25) is 0 Å². The quantitative estimate of drug-likeness (QED) is 0.637. The van der Waals surface area contributed by atoms with E-state index in [1.165, 1.54) is 24.2 Å². The molecule has 0 aromatic carbocycles. The molecule has 1 atom stereocenters. The summed E-state index contributed by atoms with van der Waals surface area (Å²) in [6.45, 7) is 5.74. The molecule has 1 fully saturated rings. The maximum absolute atomic E-state index is 11.9. The third kappa shape index (κ3) is 9.69. The van der Waals surface area contributed by atoms with Gasteiger partial charge in [0.2, 0.25) is 5.91 Å². The number of nitrogens with one attached hydrogen (secondary N) is 1. The predicted molar refractivity (Wildman–Crippen MR) is 112 cm³/mol. The van der Waals surface area contributed by atoms with Gasteiger partial charge in [-0.05, 0) is 38.6 Å². The van der Waals surface area contributed by atoms with Gasteiger partial charge in [0.25, 0.3) is 0 Å². The van der Waals surface area contributed by atoms with Crippen LogP contribution in [-0.4, -0.2) is 62.6 Å². The van der Waals surface area contributed by atoms with Crippen LogP contribution in [0.3, 0.4) is 0 Å². The minimum atomic E-state index is -5.08. The highest BCUT2D eigenvalue weighted by molar-refractivity contribution is 7.07. The summed E-state index contributed by atoms with van der Waals surface area (Å²) in [7, 11) is 0. The standard InChI is InChI=1S/C18H25N5OS.C2HF3O2/c1-14-8-21-17(9-20-14)11-23-6-2-3-15(10-23)4-5-19-18(24)7-16-12-25-13-22-16;3-2(4,5)1(6)7/h8-9,12-13,15H,2-7,10-11H2,1H3,(H,19,24);(H,6,7). The zero-order valence-electron chi connectivity index (χ0n) is 17.6. The number of aromatic nitrogens is 3. The van der Waals surface area contributed by atoms with Crippen LogP contribution in [0.5, 0.6) is 0 Å². The predicted octanol–water partition coefficient (Wildman–Crippen LogP) is 2.84. The zero-order chi connectivity index (χ0) is 23.6. The Morgan fingerprint density at radius 2 is 2.00 bits per heavy atom. The fourth-order valence-corrected chi connectivity index (χ4v) is 3.79. The molecule has 176 valence electrons. The molecule has 3 rings (SSSR count). The number of thiazole rings is 1. The molecule has 2 aromatic rings. The lowest BCUT2D eigenvalue weighted by atomic mass is 9.94. The molecular formula is C20H26F3N5O3S. The van der Waals surface area contributed by atoms with Crippen molar-refractivity contribution in [2.75, 3.05) is 19.6 Å². The van der Waals surface area contributed by atoms with Crippen LogP contribution in [-0.2, 0) is 22.6 Å². The Morgan fingerprint density at radius 3 is 2.59 bits per heavy atom. The second-order valence-corrected chi connectivity index (χ2v) is 8.21. The smallest absolute Gasteiger partial charge is 0.475 e. The Morgan fingerprint density at radius 1 is 1.25 bits per heavy atom. The Bertz CT molecular complexity index is 847. The van der Waals surface area contributed by atoms with Crippen molar-refractivity contribution in [2.45, 2.75) is 45.3 Å². The molecule has 3 heterocycles. The number of carboxylic acids is 1. The Hall–Kier alpha value is -2.60. The minimum Gasteiger partial charge on any atom is -0.475 e. The number of alkyl halides is 3. The summed E-state index contributed by atoms with van der Waals surface area (Å²) < 4.78 is 31.7. The number of carbonyl (C=O) groups is 2. The molecule has 0 bridgehead atoms. The summed E-state index contributed by atoms with van der Waals surface area (Å²) >= 11 is 1.52. The molecule has 2 N–H and O–H groups in total. The van der Waals surface area contributed by atoms with Gasteiger partial charge in [0.05, 0.1) is 29.0 Å². The monoisotopic (exact) mass is 473 g/mol. The van der Waals surface area contributed by atoms with E-state index in [9.17, 15) is 18.0 Å². The van der Waals surface area contributed by atoms with Crippen LogP contribution in [0.25, 0.3) is 0 Å². The van der Waals surface area contributed by atoms with Crippen molar-refractivity contribution in [2.24, 2.45) is 5.92 Å². The van der Waals surface area contributed by atoms with E-state index in [1.54, 1.807) is 5.51 Å². The molecule has 0 radical (unpaired) electrons. The number of piperidine rings is 1. The van der Waals surface area contributed by atoms with E-state index in [0.29, 0.717) is 12.3 Å². The molecule has 0 saturated carbocycles. The number of nitrogens with zero attached hydrogens (tertiary/aromatic N) is 4. The van der Waals surface area contributed by atoms with Gasteiger partial charge in [0.15, 0.2) is 0 Å². The van der Waals surface area contributed by atoms with Gasteiger partial charge in [0.1, 0.15) is 0 Å². The summed E-state index contributed by atoms with van der Waals surface area (Å²) in [4.78, 5) is 36.2. The van der Waals surface area contributed by atoms with E-state index < -0.39 is 12.1 Å². The maximum Gasteiger partial charge on any atom is 0.490 e. The molecule has 8 nitrogen and oxygen atoms in total. The Labute approximate surface area is 187 Å². The molecule has 1 unspecified atom stereocenters. The largest absolute Gasteiger partial charge is 0.490 e. The van der Waals surface area contributed by atoms with Gasteiger partial charge in [-0.1, -0.05) is 0 Å². The van der Waals surface area contributed by atoms with Gasteiger partial charge in [-0.25, -0.2) is 9.78 Å². The summed E-state index contributed by atoms with van der Waals surface area (Å²) in [5.74, 6) is -2.06. The van der Waals surface area contributed by atoms with Crippen LogP contribution >= 0.6 is 11.3 Å². The lowest BCUT2D eigenvalue weighted by Gasteiger charge is -2.32. The van der Waals surface area contributed by atoms with Crippen LogP contribution in [0.15, 0.2) is 23.3 Å². The lowest BCUT2D eigenvalue weighted by Crippen LogP contribution is -2.37. The average molecular weight is 474 g/mol. The van der Waals surface area contributed by atoms with Crippen molar-refractivity contribution in [3.05, 3.63) is 40.4 Å². The van der Waals surface area contributed by atoms with Gasteiger partial charge < -0.3 is 10.4 Å². The fraction of sp³-hybridized carbons (Fsp3) is 0.550. The molecule has 32 heavy (non-hydrogen) atoms. The highest BCUT2D eigenvalue weighted by atomic mass is 32.1. The first-order valence-corrected chi connectivity index (χ1v) is 11.0. The summed E-state index contributed by atoms with van der Waals surface area (Å²) in [5, 5.41) is 12.1. The number of likely N-dealkylation sites (tertiary alicyclic amines) is 1. The molecular weight excluding hydrogens is 447 g/mol. The number of aryl methyl sites for hydroxylation is 1. The molecule has 2 aromatic heterocycles. The molecule has 0 aliphatic carbocycles. The van der Waals surface area contributed by atoms with Crippen molar-refractivity contribution in [1.29, 1.82) is 0 Å². The number of carbonyl (C=O) groups excluding carboxylic acids is 1. The number of hydrogen-bond acceptors (Lipinski definition) is 7. The van der Waals surface area contributed by atoms with Crippen molar-refractivity contribution in [3.63, 3.8) is 0 Å². The van der Waals surface area contributed by atoms with Gasteiger partial charge in [-0.2, -0.15) is 13.2 Å². The van der Waals surface area contributed by atoms with Crippen LogP contribution in [0, 0.1) is 12.8 Å².